The topological polar surface area (TPSA) is 87.6 Å². The monoisotopic (exact) mass is 416 g/mol. The van der Waals surface area contributed by atoms with E-state index in [0.29, 0.717) is 25.0 Å². The summed E-state index contributed by atoms with van der Waals surface area (Å²) < 4.78 is 40.8. The van der Waals surface area contributed by atoms with Crippen molar-refractivity contribution >= 4 is 26.0 Å². The molecule has 2 aromatic rings. The van der Waals surface area contributed by atoms with Crippen molar-refractivity contribution in [3.05, 3.63) is 40.6 Å². The lowest BCUT2D eigenvalue weighted by Crippen LogP contribution is -2.10. The Morgan fingerprint density at radius 1 is 1.00 bits per heavy atom. The van der Waals surface area contributed by atoms with Gasteiger partial charge in [-0.1, -0.05) is 15.9 Å². The van der Waals surface area contributed by atoms with Crippen LogP contribution >= 0.6 is 15.9 Å². The number of aromatic nitrogens is 2. The van der Waals surface area contributed by atoms with Crippen LogP contribution in [-0.2, 0) is 20.9 Å². The van der Waals surface area contributed by atoms with Crippen LogP contribution in [0.15, 0.2) is 39.7 Å². The largest absolute Gasteiger partial charge is 0.478 e. The standard InChI is InChI=1S/C15H17BrN2O5S/c1-3-21-14-9-15(22-4-2)18-13(17-14)10-23-24(19,20)12-7-5-11(16)6-8-12/h5-9H,3-4,10H2,1-2H3. The quantitative estimate of drug-likeness (QED) is 0.611. The summed E-state index contributed by atoms with van der Waals surface area (Å²) in [7, 11) is -3.91. The molecule has 24 heavy (non-hydrogen) atoms. The minimum Gasteiger partial charge on any atom is -0.478 e. The van der Waals surface area contributed by atoms with Gasteiger partial charge < -0.3 is 9.47 Å². The zero-order valence-corrected chi connectivity index (χ0v) is 15.6. The maximum atomic E-state index is 12.2. The first kappa shape index (κ1) is 18.6. The molecule has 0 saturated heterocycles. The average molecular weight is 417 g/mol. The van der Waals surface area contributed by atoms with E-state index in [1.165, 1.54) is 12.1 Å². The molecule has 0 N–H and O–H groups in total. The smallest absolute Gasteiger partial charge is 0.297 e. The molecule has 2 rings (SSSR count). The third-order valence-electron chi connectivity index (χ3n) is 2.76. The lowest BCUT2D eigenvalue weighted by atomic mass is 10.4. The van der Waals surface area contributed by atoms with Crippen LogP contribution in [0.4, 0.5) is 0 Å². The lowest BCUT2D eigenvalue weighted by Gasteiger charge is -2.09. The number of hydrogen-bond donors (Lipinski definition) is 0. The Bertz CT molecular complexity index is 757. The zero-order chi connectivity index (χ0) is 17.6. The molecule has 1 aromatic carbocycles. The molecule has 0 unspecified atom stereocenters. The number of halogens is 1. The van der Waals surface area contributed by atoms with Crippen molar-refractivity contribution < 1.29 is 22.1 Å². The van der Waals surface area contributed by atoms with Gasteiger partial charge >= 0.3 is 0 Å². The molecule has 0 aliphatic carbocycles. The van der Waals surface area contributed by atoms with Crippen molar-refractivity contribution in [1.29, 1.82) is 0 Å². The van der Waals surface area contributed by atoms with Gasteiger partial charge in [-0.15, -0.1) is 0 Å². The fraction of sp³-hybridized carbons (Fsp3) is 0.333. The van der Waals surface area contributed by atoms with Gasteiger partial charge in [-0.05, 0) is 38.1 Å². The number of rotatable bonds is 8. The van der Waals surface area contributed by atoms with Crippen molar-refractivity contribution in [2.24, 2.45) is 0 Å². The lowest BCUT2D eigenvalue weighted by molar-refractivity contribution is 0.276. The summed E-state index contributed by atoms with van der Waals surface area (Å²) in [4.78, 5) is 8.26. The van der Waals surface area contributed by atoms with Gasteiger partial charge in [0.05, 0.1) is 24.2 Å². The molecule has 0 saturated carbocycles. The van der Waals surface area contributed by atoms with Crippen LogP contribution in [0.25, 0.3) is 0 Å². The summed E-state index contributed by atoms with van der Waals surface area (Å²) in [6.45, 7) is 4.15. The van der Waals surface area contributed by atoms with E-state index in [1.54, 1.807) is 18.2 Å². The first-order valence-electron chi connectivity index (χ1n) is 7.23. The van der Waals surface area contributed by atoms with Crippen LogP contribution in [0.2, 0.25) is 0 Å². The molecule has 7 nitrogen and oxygen atoms in total. The highest BCUT2D eigenvalue weighted by Crippen LogP contribution is 2.20. The molecule has 0 aliphatic heterocycles. The summed E-state index contributed by atoms with van der Waals surface area (Å²) in [5, 5.41) is 0. The zero-order valence-electron chi connectivity index (χ0n) is 13.2. The van der Waals surface area contributed by atoms with E-state index < -0.39 is 10.1 Å². The SMILES string of the molecule is CCOc1cc(OCC)nc(COS(=O)(=O)c2ccc(Br)cc2)n1. The molecular weight excluding hydrogens is 400 g/mol. The Labute approximate surface area is 149 Å². The van der Waals surface area contributed by atoms with Crippen molar-refractivity contribution in [3.8, 4) is 11.8 Å². The van der Waals surface area contributed by atoms with Gasteiger partial charge in [0.25, 0.3) is 10.1 Å². The summed E-state index contributed by atoms with van der Waals surface area (Å²) in [6, 6.07) is 7.68. The van der Waals surface area contributed by atoms with Crippen LogP contribution in [0, 0.1) is 0 Å². The molecule has 130 valence electrons. The molecule has 9 heteroatoms. The van der Waals surface area contributed by atoms with Crippen molar-refractivity contribution in [3.63, 3.8) is 0 Å². The van der Waals surface area contributed by atoms with Crippen LogP contribution in [0.1, 0.15) is 19.7 Å². The molecule has 0 fully saturated rings. The third-order valence-corrected chi connectivity index (χ3v) is 4.56. The predicted molar refractivity (Wildman–Crippen MR) is 90.5 cm³/mol. The molecular formula is C15H17BrN2O5S. The van der Waals surface area contributed by atoms with E-state index in [2.05, 4.69) is 25.9 Å². The molecule has 1 aromatic heterocycles. The molecule has 1 heterocycles. The van der Waals surface area contributed by atoms with Crippen LogP contribution in [0.5, 0.6) is 11.8 Å². The van der Waals surface area contributed by atoms with Gasteiger partial charge in [0.1, 0.15) is 6.61 Å². The summed E-state index contributed by atoms with van der Waals surface area (Å²) in [6.07, 6.45) is 0. The minimum absolute atomic E-state index is 0.0525. The first-order valence-corrected chi connectivity index (χ1v) is 9.43. The van der Waals surface area contributed by atoms with E-state index in [9.17, 15) is 8.42 Å². The summed E-state index contributed by atoms with van der Waals surface area (Å²) >= 11 is 3.25. The van der Waals surface area contributed by atoms with E-state index in [0.717, 1.165) is 4.47 Å². The maximum absolute atomic E-state index is 12.2. The second kappa shape index (κ2) is 8.41. The molecule has 0 spiro atoms. The average Bonchev–Trinajstić information content (AvgIpc) is 2.54. The van der Waals surface area contributed by atoms with Crippen LogP contribution in [0.3, 0.4) is 0 Å². The number of benzene rings is 1. The fourth-order valence-electron chi connectivity index (χ4n) is 1.76. The molecule has 0 bridgehead atoms. The van der Waals surface area contributed by atoms with E-state index >= 15 is 0 Å². The minimum atomic E-state index is -3.91. The van der Waals surface area contributed by atoms with Gasteiger partial charge in [-0.3, -0.25) is 4.18 Å². The maximum Gasteiger partial charge on any atom is 0.297 e. The Morgan fingerprint density at radius 3 is 2.04 bits per heavy atom. The van der Waals surface area contributed by atoms with Gasteiger partial charge in [0.2, 0.25) is 11.8 Å². The van der Waals surface area contributed by atoms with Gasteiger partial charge in [0, 0.05) is 4.47 Å². The molecule has 0 amide bonds. The van der Waals surface area contributed by atoms with Crippen molar-refractivity contribution in [2.75, 3.05) is 13.2 Å². The van der Waals surface area contributed by atoms with Crippen molar-refractivity contribution in [1.82, 2.24) is 9.97 Å². The van der Waals surface area contributed by atoms with E-state index in [-0.39, 0.29) is 17.3 Å². The van der Waals surface area contributed by atoms with E-state index in [1.807, 2.05) is 13.8 Å². The highest BCUT2D eigenvalue weighted by atomic mass is 79.9. The third kappa shape index (κ3) is 5.15. The predicted octanol–water partition coefficient (Wildman–Crippen LogP) is 2.94. The van der Waals surface area contributed by atoms with Crippen LogP contribution < -0.4 is 9.47 Å². The van der Waals surface area contributed by atoms with Gasteiger partial charge in [-0.25, -0.2) is 0 Å². The van der Waals surface area contributed by atoms with E-state index in [4.69, 9.17) is 13.7 Å². The highest BCUT2D eigenvalue weighted by molar-refractivity contribution is 9.10. The molecule has 0 radical (unpaired) electrons. The fourth-order valence-corrected chi connectivity index (χ4v) is 2.89. The second-order valence-corrected chi connectivity index (χ2v) is 7.03. The van der Waals surface area contributed by atoms with Crippen LogP contribution in [-0.4, -0.2) is 31.6 Å². The Hall–Kier alpha value is -1.71. The van der Waals surface area contributed by atoms with Gasteiger partial charge in [0.15, 0.2) is 5.82 Å². The molecule has 0 atom stereocenters. The summed E-state index contributed by atoms with van der Waals surface area (Å²) in [5.41, 5.74) is 0. The molecule has 0 aliphatic rings. The summed E-state index contributed by atoms with van der Waals surface area (Å²) in [5.74, 6) is 0.760. The highest BCUT2D eigenvalue weighted by Gasteiger charge is 2.17. The van der Waals surface area contributed by atoms with Gasteiger partial charge in [-0.2, -0.15) is 18.4 Å². The Balaban J connectivity index is 2.16. The number of ether oxygens (including phenoxy) is 2. The first-order chi connectivity index (χ1) is 11.4. The second-order valence-electron chi connectivity index (χ2n) is 4.50. The number of nitrogens with zero attached hydrogens (tertiary/aromatic N) is 2. The Kier molecular flexibility index (Phi) is 6.52. The normalized spacial score (nSPS) is 11.3. The Morgan fingerprint density at radius 2 is 1.54 bits per heavy atom. The number of hydrogen-bond acceptors (Lipinski definition) is 7. The van der Waals surface area contributed by atoms with Crippen molar-refractivity contribution in [2.45, 2.75) is 25.3 Å².